The van der Waals surface area contributed by atoms with Crippen molar-refractivity contribution in [3.8, 4) is 0 Å². The fraction of sp³-hybridized carbons (Fsp3) is 0. The monoisotopic (exact) mass is 221 g/mol. The molecule has 0 amide bonds. The van der Waals surface area contributed by atoms with Crippen molar-refractivity contribution in [3.05, 3.63) is 28.7 Å². The van der Waals surface area contributed by atoms with E-state index >= 15 is 0 Å². The van der Waals surface area contributed by atoms with Crippen molar-refractivity contribution in [3.63, 3.8) is 0 Å². The molecule has 0 saturated heterocycles. The molecule has 13 heavy (non-hydrogen) atoms. The zero-order valence-electron chi connectivity index (χ0n) is 5.94. The topological polar surface area (TPSA) is 32.9 Å². The van der Waals surface area contributed by atoms with Crippen molar-refractivity contribution >= 4 is 10.2 Å². The maximum absolute atomic E-state index is 12.0. The zero-order chi connectivity index (χ0) is 10.4. The van der Waals surface area contributed by atoms with Gasteiger partial charge in [-0.15, -0.1) is 0 Å². The molecule has 0 atom stereocenters. The molecule has 0 fully saturated rings. The molecule has 0 radical (unpaired) electrons. The van der Waals surface area contributed by atoms with Gasteiger partial charge in [-0.3, -0.25) is 4.79 Å². The van der Waals surface area contributed by atoms with Crippen LogP contribution in [0.4, 0.5) is 19.4 Å². The molecule has 2 nitrogen and oxygen atoms in total. The van der Waals surface area contributed by atoms with E-state index in [4.69, 9.17) is 0 Å². The van der Waals surface area contributed by atoms with E-state index in [1.165, 1.54) is 4.98 Å². The van der Waals surface area contributed by atoms with Crippen LogP contribution in [0.15, 0.2) is 28.0 Å². The maximum atomic E-state index is 12.0. The summed E-state index contributed by atoms with van der Waals surface area (Å²) in [5.41, 5.74) is -1.83. The highest BCUT2D eigenvalue weighted by atomic mass is 32.5. The Morgan fingerprint density at radius 3 is 2.00 bits per heavy atom. The lowest BCUT2D eigenvalue weighted by Gasteiger charge is -2.39. The summed E-state index contributed by atoms with van der Waals surface area (Å²) in [6, 6.07) is 0.745. The van der Waals surface area contributed by atoms with Gasteiger partial charge in [-0.05, 0) is 12.1 Å². The van der Waals surface area contributed by atoms with Crippen molar-refractivity contribution in [2.24, 2.45) is 0 Å². The molecule has 0 bridgehead atoms. The number of halogens is 5. The molecule has 1 aromatic rings. The summed E-state index contributed by atoms with van der Waals surface area (Å²) in [5, 5.41) is 0. The highest BCUT2D eigenvalue weighted by Crippen LogP contribution is 3.01. The first kappa shape index (κ1) is 10.0. The Kier molecular flexibility index (Phi) is 1.46. The molecule has 1 aromatic heterocycles. The first-order valence-corrected chi connectivity index (χ1v) is 4.88. The van der Waals surface area contributed by atoms with E-state index in [9.17, 15) is 24.2 Å². The molecule has 8 heteroatoms. The fourth-order valence-electron chi connectivity index (χ4n) is 0.710. The smallest absolute Gasteiger partial charge is 0.315 e. The Morgan fingerprint density at radius 2 is 1.69 bits per heavy atom. The van der Waals surface area contributed by atoms with Crippen LogP contribution in [-0.4, -0.2) is 4.98 Å². The summed E-state index contributed by atoms with van der Waals surface area (Å²) in [6.45, 7) is 0. The first-order valence-electron chi connectivity index (χ1n) is 2.92. The SMILES string of the molecule is O=c1[nH]cccc1S(F)(F)(F)(F)F. The predicted molar refractivity (Wildman–Crippen MR) is 38.5 cm³/mol. The van der Waals surface area contributed by atoms with Gasteiger partial charge in [0.25, 0.3) is 5.56 Å². The van der Waals surface area contributed by atoms with E-state index in [2.05, 4.69) is 0 Å². The Labute approximate surface area is 69.1 Å². The number of hydrogen-bond donors (Lipinski definition) is 1. The van der Waals surface area contributed by atoms with E-state index in [1.54, 1.807) is 0 Å². The molecule has 0 unspecified atom stereocenters. The summed E-state index contributed by atoms with van der Waals surface area (Å²) in [6.07, 6.45) is 0.843. The Hall–Kier alpha value is -1.05. The standard InChI is InChI=1S/C5H4F5NOS/c6-13(7,8,9,10)4-2-1-3-11-5(4)12/h1-3H,(H,11,12). The molecule has 0 saturated carbocycles. The van der Waals surface area contributed by atoms with Crippen LogP contribution in [0.3, 0.4) is 0 Å². The highest BCUT2D eigenvalue weighted by Gasteiger charge is 2.67. The van der Waals surface area contributed by atoms with Crippen LogP contribution in [0.2, 0.25) is 0 Å². The van der Waals surface area contributed by atoms with Crippen LogP contribution in [0, 0.1) is 0 Å². The van der Waals surface area contributed by atoms with E-state index in [0.29, 0.717) is 6.07 Å². The minimum atomic E-state index is -9.82. The molecule has 1 N–H and O–H groups in total. The third-order valence-corrected chi connectivity index (χ3v) is 2.35. The van der Waals surface area contributed by atoms with Gasteiger partial charge in [0.05, 0.1) is 0 Å². The average Bonchev–Trinajstić information content (AvgIpc) is 1.82. The van der Waals surface area contributed by atoms with Gasteiger partial charge in [-0.1, -0.05) is 19.4 Å². The van der Waals surface area contributed by atoms with Gasteiger partial charge in [0.2, 0.25) is 0 Å². The maximum Gasteiger partial charge on any atom is 0.315 e. The molecule has 0 aliphatic rings. The number of hydrogen-bond acceptors (Lipinski definition) is 1. The van der Waals surface area contributed by atoms with Crippen molar-refractivity contribution in [1.82, 2.24) is 4.98 Å². The van der Waals surface area contributed by atoms with Crippen molar-refractivity contribution < 1.29 is 19.4 Å². The minimum absolute atomic E-state index is 0.0559. The van der Waals surface area contributed by atoms with Crippen LogP contribution in [0.25, 0.3) is 0 Å². The summed E-state index contributed by atoms with van der Waals surface area (Å²) < 4.78 is 59.9. The molecule has 0 aromatic carbocycles. The normalized spacial score (nSPS) is 17.6. The number of pyridine rings is 1. The van der Waals surface area contributed by atoms with E-state index in [1.807, 2.05) is 0 Å². The average molecular weight is 221 g/mol. The summed E-state index contributed by atoms with van der Waals surface area (Å²) >= 11 is 0. The number of aromatic nitrogens is 1. The first-order chi connectivity index (χ1) is 5.50. The van der Waals surface area contributed by atoms with E-state index in [-0.39, 0.29) is 6.07 Å². The summed E-state index contributed by atoms with van der Waals surface area (Å²) in [5.74, 6) is 0. The number of H-pyrrole nitrogens is 1. The zero-order valence-corrected chi connectivity index (χ0v) is 6.75. The quantitative estimate of drug-likeness (QED) is 0.726. The number of aromatic amines is 1. The van der Waals surface area contributed by atoms with Gasteiger partial charge in [0.1, 0.15) is 0 Å². The van der Waals surface area contributed by atoms with Crippen molar-refractivity contribution in [1.29, 1.82) is 0 Å². The molecule has 0 aliphatic heterocycles. The molecule has 0 spiro atoms. The van der Waals surface area contributed by atoms with Crippen molar-refractivity contribution in [2.75, 3.05) is 0 Å². The van der Waals surface area contributed by atoms with Crippen molar-refractivity contribution in [2.45, 2.75) is 4.90 Å². The third-order valence-electron chi connectivity index (χ3n) is 1.20. The Morgan fingerprint density at radius 1 is 1.15 bits per heavy atom. The molecule has 76 valence electrons. The lowest BCUT2D eigenvalue weighted by atomic mass is 10.5. The number of rotatable bonds is 1. The third kappa shape index (κ3) is 2.20. The van der Waals surface area contributed by atoms with Crippen LogP contribution < -0.4 is 5.56 Å². The molecule has 0 aliphatic carbocycles. The molecular formula is C5H4F5NOS. The number of nitrogens with one attached hydrogen (secondary N) is 1. The van der Waals surface area contributed by atoms with Gasteiger partial charge in [0, 0.05) is 6.20 Å². The molecule has 1 heterocycles. The predicted octanol–water partition coefficient (Wildman–Crippen LogP) is 3.03. The van der Waals surface area contributed by atoms with Crippen LogP contribution in [0.5, 0.6) is 0 Å². The van der Waals surface area contributed by atoms with Gasteiger partial charge in [0.15, 0.2) is 4.90 Å². The van der Waals surface area contributed by atoms with Crippen LogP contribution >= 0.6 is 10.2 Å². The second kappa shape index (κ2) is 1.89. The van der Waals surface area contributed by atoms with E-state index < -0.39 is 20.7 Å². The van der Waals surface area contributed by atoms with Crippen LogP contribution in [-0.2, 0) is 0 Å². The van der Waals surface area contributed by atoms with Gasteiger partial charge < -0.3 is 4.98 Å². The lowest BCUT2D eigenvalue weighted by Crippen LogP contribution is -2.19. The minimum Gasteiger partial charge on any atom is -0.328 e. The summed E-state index contributed by atoms with van der Waals surface area (Å²) in [4.78, 5) is 9.57. The largest absolute Gasteiger partial charge is 0.328 e. The highest BCUT2D eigenvalue weighted by molar-refractivity contribution is 8.45. The molecule has 1 rings (SSSR count). The second-order valence-electron chi connectivity index (χ2n) is 2.33. The van der Waals surface area contributed by atoms with Crippen LogP contribution in [0.1, 0.15) is 0 Å². The Balaban J connectivity index is 3.60. The lowest BCUT2D eigenvalue weighted by molar-refractivity contribution is 0.362. The second-order valence-corrected chi connectivity index (χ2v) is 4.71. The molecular weight excluding hydrogens is 217 g/mol. The van der Waals surface area contributed by atoms with Gasteiger partial charge in [-0.25, -0.2) is 0 Å². The van der Waals surface area contributed by atoms with Gasteiger partial charge in [-0.2, -0.15) is 0 Å². The fourth-order valence-corrected chi connectivity index (χ4v) is 1.45. The van der Waals surface area contributed by atoms with Gasteiger partial charge >= 0.3 is 10.2 Å². The van der Waals surface area contributed by atoms with E-state index in [0.717, 1.165) is 6.20 Å². The summed E-state index contributed by atoms with van der Waals surface area (Å²) in [7, 11) is -9.82. The Bertz CT molecular complexity index is 392.